The van der Waals surface area contributed by atoms with Crippen LogP contribution >= 0.6 is 22.7 Å². The smallest absolute Gasteiger partial charge is 0.225 e. The summed E-state index contributed by atoms with van der Waals surface area (Å²) in [5.41, 5.74) is 1.70. The number of sulfone groups is 1. The van der Waals surface area contributed by atoms with Crippen molar-refractivity contribution in [1.82, 2.24) is 0 Å². The van der Waals surface area contributed by atoms with E-state index in [1.54, 1.807) is 12.1 Å². The lowest BCUT2D eigenvalue weighted by molar-refractivity contribution is -0.116. The third-order valence-corrected chi connectivity index (χ3v) is 8.39. The molecule has 0 radical (unpaired) electrons. The van der Waals surface area contributed by atoms with E-state index in [1.165, 1.54) is 33.0 Å². The molecule has 1 N–H and O–H groups in total. The van der Waals surface area contributed by atoms with Gasteiger partial charge in [0.05, 0.1) is 16.2 Å². The van der Waals surface area contributed by atoms with Crippen LogP contribution in [0.3, 0.4) is 0 Å². The number of hydrogen-bond donors (Lipinski definition) is 1. The third-order valence-electron chi connectivity index (χ3n) is 4.85. The van der Waals surface area contributed by atoms with E-state index in [9.17, 15) is 18.0 Å². The Morgan fingerprint density at radius 1 is 1.22 bits per heavy atom. The molecule has 2 aromatic rings. The maximum Gasteiger partial charge on any atom is 0.225 e. The molecule has 1 aliphatic carbocycles. The normalized spacial score (nSPS) is 20.4. The summed E-state index contributed by atoms with van der Waals surface area (Å²) < 4.78 is 23.1. The number of aryl methyl sites for hydroxylation is 1. The maximum absolute atomic E-state index is 13.0. The fourth-order valence-corrected chi connectivity index (χ4v) is 6.98. The lowest BCUT2D eigenvalue weighted by Gasteiger charge is -2.12. The molecule has 8 heteroatoms. The summed E-state index contributed by atoms with van der Waals surface area (Å²) >= 11 is 2.89. The van der Waals surface area contributed by atoms with Crippen molar-refractivity contribution in [3.8, 4) is 0 Å². The Labute approximate surface area is 166 Å². The second-order valence-corrected chi connectivity index (χ2v) is 10.9. The summed E-state index contributed by atoms with van der Waals surface area (Å²) in [7, 11) is -3.18. The van der Waals surface area contributed by atoms with Crippen LogP contribution in [0.1, 0.15) is 44.9 Å². The Hall–Kier alpha value is -1.77. The highest BCUT2D eigenvalue weighted by molar-refractivity contribution is 7.94. The molecule has 1 unspecified atom stereocenters. The van der Waals surface area contributed by atoms with Gasteiger partial charge in [-0.1, -0.05) is 12.1 Å². The Bertz CT molecular complexity index is 1020. The molecule has 0 spiro atoms. The number of fused-ring (bicyclic) bond motifs is 1. The van der Waals surface area contributed by atoms with E-state index in [0.717, 1.165) is 31.2 Å². The third kappa shape index (κ3) is 3.93. The Morgan fingerprint density at radius 3 is 2.74 bits per heavy atom. The molecule has 1 amide bonds. The summed E-state index contributed by atoms with van der Waals surface area (Å²) in [4.78, 5) is 27.4. The van der Waals surface area contributed by atoms with Crippen molar-refractivity contribution in [2.24, 2.45) is 5.92 Å². The first-order valence-corrected chi connectivity index (χ1v) is 12.3. The Morgan fingerprint density at radius 2 is 2.04 bits per heavy atom. The maximum atomic E-state index is 13.0. The highest BCUT2D eigenvalue weighted by atomic mass is 32.2. The number of allylic oxidation sites excluding steroid dienone is 1. The van der Waals surface area contributed by atoms with Gasteiger partial charge in [0.15, 0.2) is 9.84 Å². The van der Waals surface area contributed by atoms with Gasteiger partial charge in [-0.15, -0.1) is 22.7 Å². The van der Waals surface area contributed by atoms with Crippen LogP contribution in [0.2, 0.25) is 0 Å². The summed E-state index contributed by atoms with van der Waals surface area (Å²) in [5, 5.41) is 6.56. The number of anilines is 1. The Balaban J connectivity index is 1.59. The van der Waals surface area contributed by atoms with Gasteiger partial charge in [-0.2, -0.15) is 0 Å². The molecule has 27 heavy (non-hydrogen) atoms. The molecule has 4 rings (SSSR count). The highest BCUT2D eigenvalue weighted by Gasteiger charge is 2.29. The number of carbonyl (C=O) groups excluding carboxylic acids is 2. The molecule has 0 saturated heterocycles. The number of amides is 1. The van der Waals surface area contributed by atoms with Crippen LogP contribution in [-0.4, -0.2) is 25.9 Å². The fourth-order valence-electron chi connectivity index (χ4n) is 3.61. The predicted molar refractivity (Wildman–Crippen MR) is 108 cm³/mol. The topological polar surface area (TPSA) is 80.3 Å². The number of ketones is 1. The van der Waals surface area contributed by atoms with E-state index in [0.29, 0.717) is 15.4 Å². The van der Waals surface area contributed by atoms with Gasteiger partial charge in [0.1, 0.15) is 5.00 Å². The lowest BCUT2D eigenvalue weighted by atomic mass is 9.93. The van der Waals surface area contributed by atoms with Crippen LogP contribution in [0.25, 0.3) is 0 Å². The molecule has 3 heterocycles. The zero-order chi connectivity index (χ0) is 19.0. The van der Waals surface area contributed by atoms with Crippen molar-refractivity contribution < 1.29 is 18.0 Å². The number of thiophene rings is 2. The second-order valence-electron chi connectivity index (χ2n) is 6.89. The van der Waals surface area contributed by atoms with Crippen molar-refractivity contribution in [3.63, 3.8) is 0 Å². The molecule has 0 aromatic carbocycles. The highest BCUT2D eigenvalue weighted by Crippen LogP contribution is 2.40. The van der Waals surface area contributed by atoms with Gasteiger partial charge in [0, 0.05) is 22.6 Å². The quantitative estimate of drug-likeness (QED) is 0.745. The molecule has 2 aromatic heterocycles. The van der Waals surface area contributed by atoms with Crippen molar-refractivity contribution in [2.45, 2.75) is 32.1 Å². The first kappa shape index (κ1) is 18.6. The van der Waals surface area contributed by atoms with Gasteiger partial charge in [0.25, 0.3) is 0 Å². The minimum absolute atomic E-state index is 0.0255. The van der Waals surface area contributed by atoms with Crippen molar-refractivity contribution in [2.75, 3.05) is 11.1 Å². The largest absolute Gasteiger partial charge is 0.317 e. The Kier molecular flexibility index (Phi) is 5.05. The fraction of sp³-hybridized carbons (Fsp3) is 0.368. The van der Waals surface area contributed by atoms with Crippen molar-refractivity contribution >= 4 is 49.2 Å². The van der Waals surface area contributed by atoms with Crippen LogP contribution in [0.15, 0.2) is 29.0 Å². The SMILES string of the molecule is O=C(CC1C=CS(=O)(=O)C1)Nc1sc2c(c1C(=O)c1cccs1)CCCC2. The minimum atomic E-state index is -3.18. The van der Waals surface area contributed by atoms with Crippen LogP contribution in [0, 0.1) is 5.92 Å². The average molecular weight is 422 g/mol. The van der Waals surface area contributed by atoms with Gasteiger partial charge in [-0.05, 0) is 42.7 Å². The van der Waals surface area contributed by atoms with Gasteiger partial charge in [-0.25, -0.2) is 8.42 Å². The summed E-state index contributed by atoms with van der Waals surface area (Å²) in [6, 6.07) is 3.65. The molecule has 0 fully saturated rings. The second kappa shape index (κ2) is 7.33. The summed E-state index contributed by atoms with van der Waals surface area (Å²) in [6.07, 6.45) is 5.61. The first-order chi connectivity index (χ1) is 12.9. The summed E-state index contributed by atoms with van der Waals surface area (Å²) in [5.74, 6) is -0.618. The zero-order valence-electron chi connectivity index (χ0n) is 14.6. The minimum Gasteiger partial charge on any atom is -0.317 e. The van der Waals surface area contributed by atoms with Gasteiger partial charge >= 0.3 is 0 Å². The molecular formula is C19H19NO4S3. The van der Waals surface area contributed by atoms with Crippen molar-refractivity contribution in [1.29, 1.82) is 0 Å². The van der Waals surface area contributed by atoms with Crippen LogP contribution in [0.4, 0.5) is 5.00 Å². The molecule has 142 valence electrons. The lowest BCUT2D eigenvalue weighted by Crippen LogP contribution is -2.18. The van der Waals surface area contributed by atoms with E-state index < -0.39 is 9.84 Å². The van der Waals surface area contributed by atoms with Gasteiger partial charge < -0.3 is 5.32 Å². The monoisotopic (exact) mass is 421 g/mol. The van der Waals surface area contributed by atoms with Crippen LogP contribution in [0.5, 0.6) is 0 Å². The molecule has 1 atom stereocenters. The molecule has 5 nitrogen and oxygen atoms in total. The number of carbonyl (C=O) groups is 2. The first-order valence-electron chi connectivity index (χ1n) is 8.86. The zero-order valence-corrected chi connectivity index (χ0v) is 17.0. The predicted octanol–water partition coefficient (Wildman–Crippen LogP) is 3.81. The number of hydrogen-bond acceptors (Lipinski definition) is 6. The van der Waals surface area contributed by atoms with E-state index >= 15 is 0 Å². The van der Waals surface area contributed by atoms with E-state index in [-0.39, 0.29) is 29.8 Å². The summed E-state index contributed by atoms with van der Waals surface area (Å²) in [6.45, 7) is 0. The molecular weight excluding hydrogens is 402 g/mol. The molecule has 1 aliphatic heterocycles. The number of nitrogens with one attached hydrogen (secondary N) is 1. The van der Waals surface area contributed by atoms with Crippen LogP contribution < -0.4 is 5.32 Å². The van der Waals surface area contributed by atoms with Gasteiger partial charge in [-0.3, -0.25) is 9.59 Å². The van der Waals surface area contributed by atoms with E-state index in [1.807, 2.05) is 11.4 Å². The average Bonchev–Trinajstić information content (AvgIpc) is 3.33. The van der Waals surface area contributed by atoms with Crippen molar-refractivity contribution in [3.05, 3.63) is 49.9 Å². The molecule has 0 bridgehead atoms. The molecule has 0 saturated carbocycles. The number of rotatable bonds is 5. The molecule has 2 aliphatic rings. The van der Waals surface area contributed by atoms with Gasteiger partial charge in [0.2, 0.25) is 11.7 Å². The standard InChI is InChI=1S/C19H19NO4S3/c21-16(10-12-7-9-27(23,24)11-12)20-19-17(18(22)15-6-3-8-25-15)13-4-1-2-5-14(13)26-19/h3,6-9,12H,1-2,4-5,10-11H2,(H,20,21). The van der Waals surface area contributed by atoms with E-state index in [2.05, 4.69) is 5.32 Å². The van der Waals surface area contributed by atoms with Crippen LogP contribution in [-0.2, 0) is 27.5 Å². The van der Waals surface area contributed by atoms with E-state index in [4.69, 9.17) is 0 Å².